The van der Waals surface area contributed by atoms with Gasteiger partial charge < -0.3 is 4.90 Å². The molecule has 1 saturated carbocycles. The predicted molar refractivity (Wildman–Crippen MR) is 94.0 cm³/mol. The molecule has 0 amide bonds. The van der Waals surface area contributed by atoms with Crippen molar-refractivity contribution in [2.24, 2.45) is 0 Å². The first-order chi connectivity index (χ1) is 11.5. The van der Waals surface area contributed by atoms with Gasteiger partial charge in [-0.1, -0.05) is 17.7 Å². The highest BCUT2D eigenvalue weighted by molar-refractivity contribution is 7.89. The van der Waals surface area contributed by atoms with E-state index in [1.165, 1.54) is 24.4 Å². The molecule has 2 fully saturated rings. The summed E-state index contributed by atoms with van der Waals surface area (Å²) in [5, 5.41) is 0.921. The summed E-state index contributed by atoms with van der Waals surface area (Å²) < 4.78 is 31.5. The monoisotopic (exact) mass is 364 g/mol. The quantitative estimate of drug-likeness (QED) is 0.832. The van der Waals surface area contributed by atoms with Crippen LogP contribution < -0.4 is 4.90 Å². The molecule has 2 heterocycles. The molecule has 0 radical (unpaired) electrons. The van der Waals surface area contributed by atoms with Crippen molar-refractivity contribution in [3.8, 4) is 0 Å². The van der Waals surface area contributed by atoms with Gasteiger partial charge in [0.15, 0.2) is 0 Å². The minimum atomic E-state index is -3.41. The van der Waals surface area contributed by atoms with Crippen LogP contribution in [0.3, 0.4) is 0 Å². The smallest absolute Gasteiger partial charge is 0.243 e. The van der Waals surface area contributed by atoms with Crippen molar-refractivity contribution in [3.63, 3.8) is 0 Å². The average molecular weight is 364 g/mol. The van der Waals surface area contributed by atoms with E-state index in [1.807, 2.05) is 19.1 Å². The zero-order chi connectivity index (χ0) is 16.7. The van der Waals surface area contributed by atoms with Gasteiger partial charge in [0.05, 0.1) is 4.90 Å². The number of piperazine rings is 1. The van der Waals surface area contributed by atoms with E-state index in [1.54, 1.807) is 16.4 Å². The van der Waals surface area contributed by atoms with Crippen LogP contribution in [0, 0.1) is 6.92 Å². The molecule has 2 aromatic rings. The highest BCUT2D eigenvalue weighted by atomic mass is 32.2. The Hall–Kier alpha value is -1.51. The molecule has 0 N–H and O–H groups in total. The normalized spacial score (nSPS) is 19.6. The molecule has 128 valence electrons. The SMILES string of the molecule is Cc1ccc(S(=O)(=O)N2CCN(c3nc(C4CC4)ns3)CC2)cc1. The first-order valence-corrected chi connectivity index (χ1v) is 10.4. The fourth-order valence-corrected chi connectivity index (χ4v) is 5.06. The number of hydrogen-bond acceptors (Lipinski definition) is 6. The minimum Gasteiger partial charge on any atom is -0.344 e. The van der Waals surface area contributed by atoms with E-state index in [4.69, 9.17) is 0 Å². The lowest BCUT2D eigenvalue weighted by atomic mass is 10.2. The Morgan fingerprint density at radius 1 is 1.08 bits per heavy atom. The van der Waals surface area contributed by atoms with E-state index in [0.717, 1.165) is 16.5 Å². The summed E-state index contributed by atoms with van der Waals surface area (Å²) in [6.07, 6.45) is 2.39. The van der Waals surface area contributed by atoms with Gasteiger partial charge in [-0.15, -0.1) is 0 Å². The van der Waals surface area contributed by atoms with Gasteiger partial charge in [0, 0.05) is 43.6 Å². The summed E-state index contributed by atoms with van der Waals surface area (Å²) in [4.78, 5) is 7.13. The Labute approximate surface area is 146 Å². The summed E-state index contributed by atoms with van der Waals surface area (Å²) in [7, 11) is -3.41. The fraction of sp³-hybridized carbons (Fsp3) is 0.500. The summed E-state index contributed by atoms with van der Waals surface area (Å²) in [5.41, 5.74) is 1.06. The largest absolute Gasteiger partial charge is 0.344 e. The van der Waals surface area contributed by atoms with E-state index in [-0.39, 0.29) is 0 Å². The van der Waals surface area contributed by atoms with Crippen molar-refractivity contribution < 1.29 is 8.42 Å². The molecule has 8 heteroatoms. The second kappa shape index (κ2) is 6.09. The third-order valence-electron chi connectivity index (χ3n) is 4.54. The molecule has 1 aromatic carbocycles. The average Bonchev–Trinajstić information content (AvgIpc) is 3.32. The molecule has 0 spiro atoms. The maximum atomic E-state index is 12.7. The zero-order valence-corrected chi connectivity index (χ0v) is 15.2. The Morgan fingerprint density at radius 3 is 2.38 bits per heavy atom. The summed E-state index contributed by atoms with van der Waals surface area (Å²) in [6.45, 7) is 4.23. The van der Waals surface area contributed by atoms with Crippen molar-refractivity contribution in [2.75, 3.05) is 31.1 Å². The van der Waals surface area contributed by atoms with Crippen molar-refractivity contribution in [1.29, 1.82) is 0 Å². The van der Waals surface area contributed by atoms with Gasteiger partial charge in [0.25, 0.3) is 0 Å². The van der Waals surface area contributed by atoms with Crippen LogP contribution >= 0.6 is 11.5 Å². The van der Waals surface area contributed by atoms with Gasteiger partial charge in [-0.05, 0) is 31.9 Å². The molecule has 1 aliphatic heterocycles. The molecule has 2 aliphatic rings. The molecule has 1 aromatic heterocycles. The number of aryl methyl sites for hydroxylation is 1. The molecule has 0 atom stereocenters. The van der Waals surface area contributed by atoms with Gasteiger partial charge in [-0.25, -0.2) is 13.4 Å². The van der Waals surface area contributed by atoms with Crippen LogP contribution in [0.2, 0.25) is 0 Å². The number of sulfonamides is 1. The van der Waals surface area contributed by atoms with E-state index in [9.17, 15) is 8.42 Å². The lowest BCUT2D eigenvalue weighted by Crippen LogP contribution is -2.48. The minimum absolute atomic E-state index is 0.369. The second-order valence-electron chi connectivity index (χ2n) is 6.41. The standard InChI is InChI=1S/C16H20N4O2S2/c1-12-2-6-14(7-3-12)24(21,22)20-10-8-19(9-11-20)16-17-15(18-23-16)13-4-5-13/h2-3,6-7,13H,4-5,8-11H2,1H3. The van der Waals surface area contributed by atoms with Crippen molar-refractivity contribution in [2.45, 2.75) is 30.6 Å². The lowest BCUT2D eigenvalue weighted by Gasteiger charge is -2.33. The number of hydrogen-bond donors (Lipinski definition) is 0. The van der Waals surface area contributed by atoms with Crippen LogP contribution in [0.25, 0.3) is 0 Å². The number of benzene rings is 1. The van der Waals surface area contributed by atoms with Gasteiger partial charge >= 0.3 is 0 Å². The van der Waals surface area contributed by atoms with Crippen LogP contribution in [0.1, 0.15) is 30.1 Å². The molecule has 24 heavy (non-hydrogen) atoms. The van der Waals surface area contributed by atoms with E-state index in [0.29, 0.717) is 37.0 Å². The predicted octanol–water partition coefficient (Wildman–Crippen LogP) is 2.23. The molecule has 0 unspecified atom stereocenters. The Bertz CT molecular complexity index is 820. The second-order valence-corrected chi connectivity index (χ2v) is 9.08. The summed E-state index contributed by atoms with van der Waals surface area (Å²) >= 11 is 1.43. The third-order valence-corrected chi connectivity index (χ3v) is 7.25. The van der Waals surface area contributed by atoms with Gasteiger partial charge in [0.2, 0.25) is 15.2 Å². The van der Waals surface area contributed by atoms with Crippen LogP contribution in [0.15, 0.2) is 29.2 Å². The first-order valence-electron chi connectivity index (χ1n) is 8.19. The molecule has 4 rings (SSSR count). The van der Waals surface area contributed by atoms with E-state index in [2.05, 4.69) is 14.3 Å². The zero-order valence-electron chi connectivity index (χ0n) is 13.6. The molecular weight excluding hydrogens is 344 g/mol. The molecule has 6 nitrogen and oxygen atoms in total. The Kier molecular flexibility index (Phi) is 4.06. The number of nitrogens with zero attached hydrogens (tertiary/aromatic N) is 4. The lowest BCUT2D eigenvalue weighted by molar-refractivity contribution is 0.384. The maximum Gasteiger partial charge on any atom is 0.243 e. The van der Waals surface area contributed by atoms with Crippen LogP contribution in [-0.4, -0.2) is 48.3 Å². The van der Waals surface area contributed by atoms with E-state index >= 15 is 0 Å². The molecule has 1 saturated heterocycles. The van der Waals surface area contributed by atoms with Crippen LogP contribution in [-0.2, 0) is 10.0 Å². The third kappa shape index (κ3) is 3.05. The molecule has 0 bridgehead atoms. The van der Waals surface area contributed by atoms with Gasteiger partial charge in [0.1, 0.15) is 5.82 Å². The topological polar surface area (TPSA) is 66.4 Å². The Morgan fingerprint density at radius 2 is 1.75 bits per heavy atom. The van der Waals surface area contributed by atoms with Crippen LogP contribution in [0.5, 0.6) is 0 Å². The molecule has 1 aliphatic carbocycles. The fourth-order valence-electron chi connectivity index (χ4n) is 2.84. The van der Waals surface area contributed by atoms with E-state index < -0.39 is 10.0 Å². The summed E-state index contributed by atoms with van der Waals surface area (Å²) in [5.74, 6) is 1.52. The van der Waals surface area contributed by atoms with Crippen LogP contribution in [0.4, 0.5) is 5.13 Å². The van der Waals surface area contributed by atoms with Gasteiger partial charge in [-0.3, -0.25) is 0 Å². The Balaban J connectivity index is 1.44. The number of rotatable bonds is 4. The number of aromatic nitrogens is 2. The highest BCUT2D eigenvalue weighted by Gasteiger charge is 2.31. The maximum absolute atomic E-state index is 12.7. The van der Waals surface area contributed by atoms with Gasteiger partial charge in [-0.2, -0.15) is 8.68 Å². The molecular formula is C16H20N4O2S2. The summed E-state index contributed by atoms with van der Waals surface area (Å²) in [6, 6.07) is 7.04. The highest BCUT2D eigenvalue weighted by Crippen LogP contribution is 2.39. The number of anilines is 1. The first kappa shape index (κ1) is 16.0. The van der Waals surface area contributed by atoms with Crippen molar-refractivity contribution >= 4 is 26.7 Å². The van der Waals surface area contributed by atoms with Crippen molar-refractivity contribution in [1.82, 2.24) is 13.7 Å². The van der Waals surface area contributed by atoms with Crippen molar-refractivity contribution in [3.05, 3.63) is 35.7 Å².